The molecule has 4 rings (SSSR count). The van der Waals surface area contributed by atoms with Gasteiger partial charge in [0.15, 0.2) is 5.75 Å². The van der Waals surface area contributed by atoms with Crippen LogP contribution in [0, 0.1) is 0 Å². The van der Waals surface area contributed by atoms with Crippen molar-refractivity contribution in [2.24, 2.45) is 10.2 Å². The molecule has 0 bridgehead atoms. The van der Waals surface area contributed by atoms with Crippen molar-refractivity contribution in [3.63, 3.8) is 0 Å². The largest absolute Gasteiger partial charge is 0.505 e. The van der Waals surface area contributed by atoms with Crippen LogP contribution in [-0.2, 0) is 25.0 Å². The van der Waals surface area contributed by atoms with Crippen LogP contribution in [0.15, 0.2) is 86.7 Å². The molecule has 14 nitrogen and oxygen atoms in total. The number of aromatic hydroxyl groups is 1. The summed E-state index contributed by atoms with van der Waals surface area (Å²) in [4.78, 5) is 22.2. The molecule has 0 atom stereocenters. The van der Waals surface area contributed by atoms with Gasteiger partial charge in [0.1, 0.15) is 16.3 Å². The van der Waals surface area contributed by atoms with Gasteiger partial charge in [-0.25, -0.2) is 4.79 Å². The number of rotatable bonds is 7. The predicted octanol–water partition coefficient (Wildman–Crippen LogP) is 3.45. The number of carbonyl (C=O) groups is 2. The van der Waals surface area contributed by atoms with E-state index in [9.17, 15) is 40.6 Å². The van der Waals surface area contributed by atoms with Gasteiger partial charge in [-0.2, -0.15) is 21.9 Å². The van der Waals surface area contributed by atoms with E-state index in [-0.39, 0.29) is 87.0 Å². The zero-order valence-electron chi connectivity index (χ0n) is 22.8. The molecule has 0 aliphatic rings. The van der Waals surface area contributed by atoms with Gasteiger partial charge in [-0.3, -0.25) is 13.9 Å². The van der Waals surface area contributed by atoms with Crippen LogP contribution in [-0.4, -0.2) is 102 Å². The summed E-state index contributed by atoms with van der Waals surface area (Å²) in [5.41, 5.74) is 5.77. The number of nitrogens with one attached hydrogen (secondary N) is 1. The van der Waals surface area contributed by atoms with Crippen LogP contribution in [0.3, 0.4) is 0 Å². The van der Waals surface area contributed by atoms with E-state index in [2.05, 4.69) is 15.5 Å². The van der Waals surface area contributed by atoms with Crippen LogP contribution >= 0.6 is 0 Å². The van der Waals surface area contributed by atoms with Gasteiger partial charge >= 0.3 is 5.97 Å². The quantitative estimate of drug-likeness (QED) is 0.0487. The number of nitrogen functional groups attached to an aromatic ring is 1. The molecule has 18 heteroatoms. The Labute approximate surface area is 289 Å². The summed E-state index contributed by atoms with van der Waals surface area (Å²) >= 11 is 0. The summed E-state index contributed by atoms with van der Waals surface area (Å²) in [6.07, 6.45) is 0. The van der Waals surface area contributed by atoms with Gasteiger partial charge in [-0.05, 0) is 66.0 Å². The number of esters is 1. The third-order valence-corrected chi connectivity index (χ3v) is 7.16. The molecule has 0 unspecified atom stereocenters. The minimum absolute atomic E-state index is 0. The number of phenols is 1. The average Bonchev–Trinajstić information content (AvgIpc) is 2.87. The van der Waals surface area contributed by atoms with Crippen molar-refractivity contribution in [3.8, 4) is 11.5 Å². The predicted molar refractivity (Wildman–Crippen MR) is 157 cm³/mol. The van der Waals surface area contributed by atoms with E-state index in [4.69, 9.17) is 10.5 Å². The number of amides is 1. The zero-order chi connectivity index (χ0) is 30.1. The van der Waals surface area contributed by atoms with Crippen molar-refractivity contribution >= 4 is 125 Å². The number of ether oxygens (including phenoxy) is 1. The van der Waals surface area contributed by atoms with Gasteiger partial charge in [-0.15, -0.1) is 5.11 Å². The van der Waals surface area contributed by atoms with Crippen molar-refractivity contribution in [1.29, 1.82) is 0 Å². The molecule has 0 aliphatic heterocycles. The Bertz CT molecular complexity index is 1950. The number of phenolic OH excluding ortho intramolecular Hbond substituents is 1. The molecule has 1 amide bonds. The second kappa shape index (κ2) is 14.3. The second-order valence-corrected chi connectivity index (χ2v) is 11.3. The van der Waals surface area contributed by atoms with Gasteiger partial charge in [-0.1, -0.05) is 0 Å². The minimum Gasteiger partial charge on any atom is -0.505 e. The van der Waals surface area contributed by atoms with Crippen molar-refractivity contribution in [2.45, 2.75) is 16.7 Å². The number of hydrogen-bond donors (Lipinski definition) is 5. The molecule has 0 aliphatic carbocycles. The van der Waals surface area contributed by atoms with E-state index in [1.54, 1.807) is 0 Å². The fraction of sp³-hybridized carbons (Fsp3) is 0.0400. The fourth-order valence-corrected chi connectivity index (χ4v) is 4.84. The topological polar surface area (TPSA) is 235 Å². The van der Waals surface area contributed by atoms with Gasteiger partial charge in [0.25, 0.3) is 20.2 Å². The molecule has 2 radical (unpaired) electrons. The summed E-state index contributed by atoms with van der Waals surface area (Å²) in [6.45, 7) is 1.31. The molecule has 6 N–H and O–H groups in total. The maximum atomic E-state index is 12.8. The molecule has 4 aromatic rings. The van der Waals surface area contributed by atoms with Crippen molar-refractivity contribution < 1.29 is 45.4 Å². The third-order valence-electron chi connectivity index (χ3n) is 5.47. The second-order valence-electron chi connectivity index (χ2n) is 8.48. The zero-order valence-corrected chi connectivity index (χ0v) is 28.5. The van der Waals surface area contributed by atoms with Crippen LogP contribution in [0.5, 0.6) is 11.5 Å². The number of anilines is 2. The van der Waals surface area contributed by atoms with Gasteiger partial charge in [0.2, 0.25) is 5.91 Å². The van der Waals surface area contributed by atoms with Crippen LogP contribution in [0.4, 0.5) is 22.7 Å². The van der Waals surface area contributed by atoms with E-state index < -0.39 is 53.2 Å². The maximum absolute atomic E-state index is 12.8. The Morgan fingerprint density at radius 3 is 2.00 bits per heavy atom. The Morgan fingerprint density at radius 2 is 1.47 bits per heavy atom. The number of benzene rings is 4. The summed E-state index contributed by atoms with van der Waals surface area (Å²) in [7, 11) is -10.0. The number of nitrogens with two attached hydrogens (primary N) is 1. The summed E-state index contributed by atoms with van der Waals surface area (Å²) in [5.74, 6) is -2.87. The van der Waals surface area contributed by atoms with E-state index >= 15 is 0 Å². The van der Waals surface area contributed by atoms with E-state index in [1.807, 2.05) is 0 Å². The molecule has 43 heavy (non-hydrogen) atoms. The number of hydrogen-bond acceptors (Lipinski definition) is 11. The Hall–Kier alpha value is -2.90. The van der Waals surface area contributed by atoms with Crippen molar-refractivity contribution in [1.82, 2.24) is 0 Å². The van der Waals surface area contributed by atoms with Crippen LogP contribution in [0.25, 0.3) is 10.8 Å². The summed E-state index contributed by atoms with van der Waals surface area (Å²) in [6, 6.07) is 13.5. The standard InChI is InChI=1S/C25H20N4O10S2.2Na/c1-13(30)27-17-6-8-18(9-7-17)28-29-23-21(41(36,37)38)11-15-10-19(40(33,34)35)12-20(22(15)24(23)31)39-25(32)14-2-4-16(26)5-3-14;;/h2-12,31H,26H2,1H3,(H,27,30)(H,33,34,35)(H,36,37,38);;. The van der Waals surface area contributed by atoms with Crippen molar-refractivity contribution in [2.75, 3.05) is 11.1 Å². The first-order valence-corrected chi connectivity index (χ1v) is 14.2. The van der Waals surface area contributed by atoms with E-state index in [0.717, 1.165) is 18.2 Å². The van der Waals surface area contributed by atoms with E-state index in [1.165, 1.54) is 55.5 Å². The summed E-state index contributed by atoms with van der Waals surface area (Å²) < 4.78 is 73.0. The normalized spacial score (nSPS) is 11.4. The minimum atomic E-state index is -5.10. The summed E-state index contributed by atoms with van der Waals surface area (Å²) in [5, 5.41) is 20.5. The third kappa shape index (κ3) is 8.82. The van der Waals surface area contributed by atoms with Gasteiger partial charge in [0, 0.05) is 83.5 Å². The molecule has 0 saturated carbocycles. The van der Waals surface area contributed by atoms with Crippen LogP contribution in [0.2, 0.25) is 0 Å². The fourth-order valence-electron chi connectivity index (χ4n) is 3.65. The maximum Gasteiger partial charge on any atom is 0.343 e. The first kappa shape index (κ1) is 36.3. The molecule has 0 fully saturated rings. The Balaban J connectivity index is 0.00000323. The SMILES string of the molecule is CC(=O)Nc1ccc(N=Nc2c(S(=O)(=O)O)cc3cc(S(=O)(=O)O)cc(OC(=O)c4ccc(N)cc4)c3c2O)cc1.[Na].[Na]. The molecule has 0 spiro atoms. The Morgan fingerprint density at radius 1 is 0.860 bits per heavy atom. The Kier molecular flexibility index (Phi) is 12.0. The average molecular weight is 647 g/mol. The molecule has 4 aromatic carbocycles. The molecule has 0 aromatic heterocycles. The molecular formula is C25H20N4Na2O10S2. The van der Waals surface area contributed by atoms with Crippen LogP contribution < -0.4 is 15.8 Å². The number of carbonyl (C=O) groups excluding carboxylic acids is 2. The first-order chi connectivity index (χ1) is 19.1. The van der Waals surface area contributed by atoms with Gasteiger partial charge < -0.3 is 20.9 Å². The number of azo groups is 1. The first-order valence-electron chi connectivity index (χ1n) is 11.3. The molecule has 0 saturated heterocycles. The smallest absolute Gasteiger partial charge is 0.343 e. The molecular weight excluding hydrogens is 626 g/mol. The molecule has 0 heterocycles. The number of fused-ring (bicyclic) bond motifs is 1. The van der Waals surface area contributed by atoms with Crippen LogP contribution in [0.1, 0.15) is 17.3 Å². The van der Waals surface area contributed by atoms with Gasteiger partial charge in [0.05, 0.1) is 21.5 Å². The van der Waals surface area contributed by atoms with E-state index in [0.29, 0.717) is 11.4 Å². The molecule has 214 valence electrons. The van der Waals surface area contributed by atoms with Crippen molar-refractivity contribution in [3.05, 3.63) is 72.3 Å². The monoisotopic (exact) mass is 646 g/mol. The number of nitrogens with zero attached hydrogens (tertiary/aromatic N) is 2.